The van der Waals surface area contributed by atoms with E-state index in [1.165, 1.54) is 0 Å². The van der Waals surface area contributed by atoms with Gasteiger partial charge in [0.15, 0.2) is 11.3 Å². The molecule has 12 heteroatoms. The van der Waals surface area contributed by atoms with E-state index in [9.17, 15) is 17.2 Å². The van der Waals surface area contributed by atoms with Gasteiger partial charge < -0.3 is 10.3 Å². The topological polar surface area (TPSA) is 108 Å². The largest absolute Gasteiger partial charge is 0.345 e. The average Bonchev–Trinajstić information content (AvgIpc) is 3.51. The number of alkyl halides is 2. The van der Waals surface area contributed by atoms with Crippen LogP contribution in [0.2, 0.25) is 0 Å². The van der Waals surface area contributed by atoms with Crippen LogP contribution in [0.1, 0.15) is 44.3 Å². The lowest BCUT2D eigenvalue weighted by molar-refractivity contribution is 0.0183. The van der Waals surface area contributed by atoms with Crippen LogP contribution in [0, 0.1) is 5.92 Å². The van der Waals surface area contributed by atoms with Crippen LogP contribution >= 0.6 is 0 Å². The van der Waals surface area contributed by atoms with Crippen LogP contribution in [0.3, 0.4) is 0 Å². The minimum absolute atomic E-state index is 0.110. The van der Waals surface area contributed by atoms with Crippen LogP contribution in [-0.4, -0.2) is 74.6 Å². The van der Waals surface area contributed by atoms with Gasteiger partial charge in [0.25, 0.3) is 5.92 Å². The van der Waals surface area contributed by atoms with E-state index in [1.807, 2.05) is 16.7 Å². The first kappa shape index (κ1) is 21.7. The molecule has 3 aromatic rings. The van der Waals surface area contributed by atoms with Gasteiger partial charge in [0.2, 0.25) is 10.0 Å². The van der Waals surface area contributed by atoms with Gasteiger partial charge in [0.05, 0.1) is 24.0 Å². The molecular formula is C20H27F2N7O2S. The summed E-state index contributed by atoms with van der Waals surface area (Å²) < 4.78 is 54.6. The lowest BCUT2D eigenvalue weighted by Crippen LogP contribution is -2.38. The SMILES string of the molecule is CC[C@@H]1C[C@H](NCCS(=O)(=O)N2CCC(F)(F)C2)C[C@@H]1c1nnc2cnc3[nH]ccc3n12. The Labute approximate surface area is 184 Å². The van der Waals surface area contributed by atoms with Crippen molar-refractivity contribution in [2.75, 3.05) is 25.4 Å². The minimum atomic E-state index is -3.69. The summed E-state index contributed by atoms with van der Waals surface area (Å²) >= 11 is 0. The predicted octanol–water partition coefficient (Wildman–Crippen LogP) is 2.14. The second-order valence-corrected chi connectivity index (χ2v) is 11.0. The molecule has 32 heavy (non-hydrogen) atoms. The molecule has 9 nitrogen and oxygen atoms in total. The van der Waals surface area contributed by atoms with Crippen molar-refractivity contribution in [3.8, 4) is 0 Å². The quantitative estimate of drug-likeness (QED) is 0.551. The van der Waals surface area contributed by atoms with Crippen LogP contribution < -0.4 is 5.32 Å². The molecule has 4 heterocycles. The molecule has 0 amide bonds. The molecule has 1 aliphatic heterocycles. The number of aromatic nitrogens is 5. The number of rotatable bonds is 7. The standard InChI is InChI=1S/C20H27F2N7O2S/c1-2-13-9-14(23-6-8-32(30,31)28-7-4-20(21,22)12-28)10-15(13)19-27-26-17-11-25-18-16(29(17)19)3-5-24-18/h3,5,11,13-15,23-24H,2,4,6-10,12H2,1H3/t13-,14+,15+/m1/s1. The molecule has 2 aliphatic rings. The molecular weight excluding hydrogens is 440 g/mol. The van der Waals surface area contributed by atoms with E-state index in [4.69, 9.17) is 0 Å². The molecule has 0 aromatic carbocycles. The van der Waals surface area contributed by atoms with Crippen molar-refractivity contribution in [3.05, 3.63) is 24.3 Å². The first-order valence-corrected chi connectivity index (χ1v) is 12.6. The predicted molar refractivity (Wildman–Crippen MR) is 115 cm³/mol. The Bertz CT molecular complexity index is 1230. The van der Waals surface area contributed by atoms with Gasteiger partial charge in [0.1, 0.15) is 5.82 Å². The molecule has 0 spiro atoms. The first-order valence-electron chi connectivity index (χ1n) is 11.0. The number of hydrogen-bond acceptors (Lipinski definition) is 6. The third-order valence-corrected chi connectivity index (χ3v) is 8.66. The molecule has 5 rings (SSSR count). The fourth-order valence-corrected chi connectivity index (χ4v) is 6.55. The monoisotopic (exact) mass is 467 g/mol. The van der Waals surface area contributed by atoms with Crippen molar-refractivity contribution in [2.45, 2.75) is 50.5 Å². The molecule has 3 aromatic heterocycles. The zero-order valence-corrected chi connectivity index (χ0v) is 18.7. The Morgan fingerprint density at radius 2 is 2.16 bits per heavy atom. The number of nitrogens with zero attached hydrogens (tertiary/aromatic N) is 5. The summed E-state index contributed by atoms with van der Waals surface area (Å²) in [6.07, 6.45) is 5.83. The molecule has 0 unspecified atom stereocenters. The highest BCUT2D eigenvalue weighted by molar-refractivity contribution is 7.89. The summed E-state index contributed by atoms with van der Waals surface area (Å²) in [4.78, 5) is 7.49. The molecule has 2 N–H and O–H groups in total. The lowest BCUT2D eigenvalue weighted by Gasteiger charge is -2.18. The zero-order valence-electron chi connectivity index (χ0n) is 17.8. The Kier molecular flexibility index (Phi) is 5.41. The van der Waals surface area contributed by atoms with Crippen LogP contribution in [0.25, 0.3) is 16.8 Å². The Morgan fingerprint density at radius 1 is 1.31 bits per heavy atom. The Hall–Kier alpha value is -2.18. The van der Waals surface area contributed by atoms with Crippen molar-refractivity contribution in [2.24, 2.45) is 5.92 Å². The van der Waals surface area contributed by atoms with Crippen LogP contribution in [-0.2, 0) is 10.0 Å². The van der Waals surface area contributed by atoms with Crippen LogP contribution in [0.4, 0.5) is 8.78 Å². The molecule has 174 valence electrons. The summed E-state index contributed by atoms with van der Waals surface area (Å²) in [6.45, 7) is 1.57. The van der Waals surface area contributed by atoms with E-state index in [1.54, 1.807) is 6.20 Å². The van der Waals surface area contributed by atoms with E-state index >= 15 is 0 Å². The van der Waals surface area contributed by atoms with Crippen molar-refractivity contribution < 1.29 is 17.2 Å². The third kappa shape index (κ3) is 3.88. The van der Waals surface area contributed by atoms with E-state index in [0.717, 1.165) is 40.6 Å². The molecule has 1 saturated carbocycles. The maximum atomic E-state index is 13.4. The van der Waals surface area contributed by atoms with Gasteiger partial charge in [-0.25, -0.2) is 22.2 Å². The zero-order chi connectivity index (χ0) is 22.5. The van der Waals surface area contributed by atoms with Gasteiger partial charge in [0, 0.05) is 37.7 Å². The Morgan fingerprint density at radius 3 is 2.91 bits per heavy atom. The van der Waals surface area contributed by atoms with Crippen molar-refractivity contribution in [1.29, 1.82) is 0 Å². The van der Waals surface area contributed by atoms with Crippen LogP contribution in [0.5, 0.6) is 0 Å². The molecule has 2 fully saturated rings. The van der Waals surface area contributed by atoms with Gasteiger partial charge in [-0.2, -0.15) is 4.31 Å². The van der Waals surface area contributed by atoms with E-state index < -0.39 is 28.9 Å². The van der Waals surface area contributed by atoms with Gasteiger partial charge in [-0.05, 0) is 24.8 Å². The number of halogens is 2. The normalized spacial score (nSPS) is 26.5. The molecule has 3 atom stereocenters. The third-order valence-electron chi connectivity index (χ3n) is 6.84. The number of nitrogens with one attached hydrogen (secondary N) is 2. The van der Waals surface area contributed by atoms with E-state index in [-0.39, 0.29) is 30.8 Å². The highest BCUT2D eigenvalue weighted by Crippen LogP contribution is 2.41. The summed E-state index contributed by atoms with van der Waals surface area (Å²) in [5.74, 6) is -1.63. The van der Waals surface area contributed by atoms with Crippen molar-refractivity contribution >= 4 is 26.8 Å². The number of fused-ring (bicyclic) bond motifs is 3. The molecule has 1 aliphatic carbocycles. The highest BCUT2D eigenvalue weighted by Gasteiger charge is 2.43. The van der Waals surface area contributed by atoms with Crippen LogP contribution in [0.15, 0.2) is 18.5 Å². The number of sulfonamides is 1. The van der Waals surface area contributed by atoms with Crippen molar-refractivity contribution in [1.82, 2.24) is 34.2 Å². The van der Waals surface area contributed by atoms with E-state index in [0.29, 0.717) is 11.6 Å². The number of hydrogen-bond donors (Lipinski definition) is 2. The smallest absolute Gasteiger partial charge is 0.262 e. The second-order valence-electron chi connectivity index (χ2n) is 8.87. The summed E-state index contributed by atoms with van der Waals surface area (Å²) in [6, 6.07) is 2.09. The van der Waals surface area contributed by atoms with Crippen molar-refractivity contribution in [3.63, 3.8) is 0 Å². The summed E-state index contributed by atoms with van der Waals surface area (Å²) in [5, 5.41) is 12.1. The Balaban J connectivity index is 1.27. The fourth-order valence-electron chi connectivity index (χ4n) is 5.16. The molecule has 0 bridgehead atoms. The maximum Gasteiger partial charge on any atom is 0.262 e. The van der Waals surface area contributed by atoms with Gasteiger partial charge in [-0.3, -0.25) is 4.40 Å². The van der Waals surface area contributed by atoms with Gasteiger partial charge in [-0.1, -0.05) is 13.3 Å². The summed E-state index contributed by atoms with van der Waals surface area (Å²) in [7, 11) is -3.69. The van der Waals surface area contributed by atoms with Gasteiger partial charge >= 0.3 is 0 Å². The molecule has 0 radical (unpaired) electrons. The lowest BCUT2D eigenvalue weighted by atomic mass is 9.93. The average molecular weight is 468 g/mol. The number of H-pyrrole nitrogens is 1. The minimum Gasteiger partial charge on any atom is -0.345 e. The maximum absolute atomic E-state index is 13.4. The van der Waals surface area contributed by atoms with Gasteiger partial charge in [-0.15, -0.1) is 10.2 Å². The summed E-state index contributed by atoms with van der Waals surface area (Å²) in [5.41, 5.74) is 2.41. The van der Waals surface area contributed by atoms with E-state index in [2.05, 4.69) is 32.4 Å². The second kappa shape index (κ2) is 7.99. The number of aromatic amines is 1. The first-order chi connectivity index (χ1) is 15.3. The fraction of sp³-hybridized carbons (Fsp3) is 0.650. The highest BCUT2D eigenvalue weighted by atomic mass is 32.2. The molecule has 1 saturated heterocycles.